The highest BCUT2D eigenvalue weighted by molar-refractivity contribution is 6.51. The number of Topliss-reactive ketones (excluding diaryl/α,β-unsaturated/α-hetero) is 1. The van der Waals surface area contributed by atoms with Crippen molar-refractivity contribution in [1.82, 2.24) is 5.16 Å². The maximum atomic E-state index is 13.2. The van der Waals surface area contributed by atoms with Crippen molar-refractivity contribution in [3.8, 4) is 11.5 Å². The molecule has 4 rings (SSSR count). The van der Waals surface area contributed by atoms with Crippen molar-refractivity contribution in [2.75, 3.05) is 18.6 Å². The van der Waals surface area contributed by atoms with Crippen molar-refractivity contribution in [3.63, 3.8) is 0 Å². The second kappa shape index (κ2) is 9.04. The first-order valence-corrected chi connectivity index (χ1v) is 10.2. The molecule has 1 atom stereocenters. The average molecular weight is 446 g/mol. The number of aliphatic hydroxyl groups excluding tert-OH is 1. The van der Waals surface area contributed by atoms with Gasteiger partial charge in [-0.3, -0.25) is 14.5 Å². The number of para-hydroxylation sites is 1. The molecule has 1 aromatic heterocycles. The fourth-order valence-corrected chi connectivity index (χ4v) is 3.74. The van der Waals surface area contributed by atoms with Gasteiger partial charge < -0.3 is 19.1 Å². The lowest BCUT2D eigenvalue weighted by molar-refractivity contribution is -0.132. The van der Waals surface area contributed by atoms with Gasteiger partial charge in [-0.15, -0.1) is 0 Å². The van der Waals surface area contributed by atoms with E-state index < -0.39 is 17.7 Å². The maximum Gasteiger partial charge on any atom is 0.301 e. The number of ether oxygens (including phenoxy) is 2. The number of hydrogen-bond donors (Lipinski definition) is 1. The smallest absolute Gasteiger partial charge is 0.301 e. The summed E-state index contributed by atoms with van der Waals surface area (Å²) in [6, 6.07) is 14.1. The lowest BCUT2D eigenvalue weighted by Gasteiger charge is -2.24. The molecule has 3 aromatic rings. The molecule has 0 bridgehead atoms. The first kappa shape index (κ1) is 21.9. The van der Waals surface area contributed by atoms with Crippen LogP contribution in [-0.2, 0) is 9.59 Å². The highest BCUT2D eigenvalue weighted by Crippen LogP contribution is 2.44. The van der Waals surface area contributed by atoms with Crippen LogP contribution in [0.1, 0.15) is 22.9 Å². The molecule has 1 fully saturated rings. The van der Waals surface area contributed by atoms with E-state index in [-0.39, 0.29) is 17.2 Å². The SMILES string of the molecule is C=CCOc1ccc(/C(O)=C2\C(=O)C(=O)N(c3cc(C)on3)C2c2ccccc2OC)cc1. The van der Waals surface area contributed by atoms with Crippen LogP contribution in [0.4, 0.5) is 5.82 Å². The molecule has 0 aliphatic carbocycles. The van der Waals surface area contributed by atoms with Gasteiger partial charge in [-0.2, -0.15) is 0 Å². The molecule has 1 N–H and O–H groups in total. The largest absolute Gasteiger partial charge is 0.507 e. The topological polar surface area (TPSA) is 102 Å². The van der Waals surface area contributed by atoms with Gasteiger partial charge in [-0.1, -0.05) is 36.0 Å². The molecule has 33 heavy (non-hydrogen) atoms. The van der Waals surface area contributed by atoms with Gasteiger partial charge >= 0.3 is 5.91 Å². The van der Waals surface area contributed by atoms with Crippen LogP contribution >= 0.6 is 0 Å². The minimum absolute atomic E-state index is 0.0788. The lowest BCUT2D eigenvalue weighted by Crippen LogP contribution is -2.29. The molecule has 1 aliphatic heterocycles. The van der Waals surface area contributed by atoms with E-state index in [0.717, 1.165) is 0 Å². The number of hydrogen-bond acceptors (Lipinski definition) is 7. The molecular weight excluding hydrogens is 424 g/mol. The van der Waals surface area contributed by atoms with E-state index in [9.17, 15) is 14.7 Å². The van der Waals surface area contributed by atoms with E-state index in [1.54, 1.807) is 67.6 Å². The Balaban J connectivity index is 1.88. The van der Waals surface area contributed by atoms with Crippen LogP contribution in [0.3, 0.4) is 0 Å². The molecule has 0 radical (unpaired) electrons. The van der Waals surface area contributed by atoms with Gasteiger partial charge in [0, 0.05) is 17.2 Å². The van der Waals surface area contributed by atoms with Crippen molar-refractivity contribution in [3.05, 3.63) is 89.7 Å². The van der Waals surface area contributed by atoms with E-state index in [2.05, 4.69) is 11.7 Å². The van der Waals surface area contributed by atoms with Gasteiger partial charge in [-0.25, -0.2) is 0 Å². The second-order valence-corrected chi connectivity index (χ2v) is 7.33. The summed E-state index contributed by atoms with van der Waals surface area (Å²) in [5.41, 5.74) is 0.799. The third-order valence-electron chi connectivity index (χ3n) is 5.24. The Kier molecular flexibility index (Phi) is 5.99. The van der Waals surface area contributed by atoms with Crippen molar-refractivity contribution in [2.45, 2.75) is 13.0 Å². The van der Waals surface area contributed by atoms with Crippen LogP contribution in [-0.4, -0.2) is 35.7 Å². The monoisotopic (exact) mass is 446 g/mol. The Hall–Kier alpha value is -4.33. The highest BCUT2D eigenvalue weighted by Gasteiger charge is 2.49. The standard InChI is InChI=1S/C25H22N2O6/c1-4-13-32-17-11-9-16(10-12-17)23(28)21-22(18-7-5-6-8-19(18)31-3)27(25(30)24(21)29)20-14-15(2)33-26-20/h4-12,14,22,28H,1,13H2,2-3H3/b23-21+. The number of ketones is 1. The third kappa shape index (κ3) is 3.98. The number of anilines is 1. The van der Waals surface area contributed by atoms with Gasteiger partial charge in [0.25, 0.3) is 5.78 Å². The normalized spacial score (nSPS) is 17.3. The molecule has 0 saturated carbocycles. The molecule has 8 nitrogen and oxygen atoms in total. The molecule has 2 aromatic carbocycles. The highest BCUT2D eigenvalue weighted by atomic mass is 16.5. The molecule has 1 unspecified atom stereocenters. The van der Waals surface area contributed by atoms with E-state index in [1.165, 1.54) is 12.0 Å². The molecule has 2 heterocycles. The zero-order valence-electron chi connectivity index (χ0n) is 18.1. The van der Waals surface area contributed by atoms with Crippen LogP contribution in [0.2, 0.25) is 0 Å². The predicted molar refractivity (Wildman–Crippen MR) is 121 cm³/mol. The Morgan fingerprint density at radius 1 is 1.21 bits per heavy atom. The lowest BCUT2D eigenvalue weighted by atomic mass is 9.94. The molecule has 168 valence electrons. The van der Waals surface area contributed by atoms with Gasteiger partial charge in [0.1, 0.15) is 35.7 Å². The van der Waals surface area contributed by atoms with Crippen molar-refractivity contribution >= 4 is 23.3 Å². The van der Waals surface area contributed by atoms with Crippen LogP contribution in [0.15, 0.2) is 77.3 Å². The number of methoxy groups -OCH3 is 1. The summed E-state index contributed by atoms with van der Waals surface area (Å²) in [6.07, 6.45) is 1.62. The van der Waals surface area contributed by atoms with Crippen molar-refractivity contribution in [1.29, 1.82) is 0 Å². The first-order valence-electron chi connectivity index (χ1n) is 10.2. The molecule has 1 amide bonds. The molecule has 0 spiro atoms. The van der Waals surface area contributed by atoms with Gasteiger partial charge in [0.2, 0.25) is 0 Å². The quantitative estimate of drug-likeness (QED) is 0.251. The molecular formula is C25H22N2O6. The Morgan fingerprint density at radius 3 is 2.58 bits per heavy atom. The van der Waals surface area contributed by atoms with E-state index in [0.29, 0.717) is 35.0 Å². The maximum absolute atomic E-state index is 13.2. The van der Waals surface area contributed by atoms with Crippen LogP contribution < -0.4 is 14.4 Å². The summed E-state index contributed by atoms with van der Waals surface area (Å²) >= 11 is 0. The Morgan fingerprint density at radius 2 is 1.94 bits per heavy atom. The number of carbonyl (C=O) groups is 2. The third-order valence-corrected chi connectivity index (χ3v) is 5.24. The Bertz CT molecular complexity index is 1240. The van der Waals surface area contributed by atoms with Crippen molar-refractivity contribution in [2.24, 2.45) is 0 Å². The number of aliphatic hydroxyl groups is 1. The summed E-state index contributed by atoms with van der Waals surface area (Å²) in [5.74, 6) is -0.316. The number of aromatic nitrogens is 1. The number of rotatable bonds is 7. The van der Waals surface area contributed by atoms with Crippen LogP contribution in [0.25, 0.3) is 5.76 Å². The second-order valence-electron chi connectivity index (χ2n) is 7.33. The summed E-state index contributed by atoms with van der Waals surface area (Å²) in [4.78, 5) is 27.5. The number of amides is 1. The van der Waals surface area contributed by atoms with E-state index in [1.807, 2.05) is 0 Å². The molecule has 1 aliphatic rings. The average Bonchev–Trinajstić information content (AvgIpc) is 3.37. The fraction of sp³-hybridized carbons (Fsp3) is 0.160. The zero-order chi connectivity index (χ0) is 23.5. The number of aryl methyl sites for hydroxylation is 1. The minimum Gasteiger partial charge on any atom is -0.507 e. The number of benzene rings is 2. The van der Waals surface area contributed by atoms with Gasteiger partial charge in [0.05, 0.1) is 12.7 Å². The minimum atomic E-state index is -0.970. The zero-order valence-corrected chi connectivity index (χ0v) is 18.1. The summed E-state index contributed by atoms with van der Waals surface area (Å²) in [5, 5.41) is 15.1. The van der Waals surface area contributed by atoms with Gasteiger partial charge in [0.15, 0.2) is 5.82 Å². The summed E-state index contributed by atoms with van der Waals surface area (Å²) < 4.78 is 16.1. The molecule has 8 heteroatoms. The van der Waals surface area contributed by atoms with Crippen LogP contribution in [0.5, 0.6) is 11.5 Å². The summed E-state index contributed by atoms with van der Waals surface area (Å²) in [7, 11) is 1.49. The Labute approximate surface area is 190 Å². The first-order chi connectivity index (χ1) is 16.0. The number of carbonyl (C=O) groups excluding carboxylic acids is 2. The van der Waals surface area contributed by atoms with E-state index >= 15 is 0 Å². The summed E-state index contributed by atoms with van der Waals surface area (Å²) in [6.45, 7) is 5.62. The predicted octanol–water partition coefficient (Wildman–Crippen LogP) is 4.18. The van der Waals surface area contributed by atoms with Gasteiger partial charge in [-0.05, 0) is 37.3 Å². The number of nitrogens with zero attached hydrogens (tertiary/aromatic N) is 2. The molecule has 1 saturated heterocycles. The van der Waals surface area contributed by atoms with Crippen molar-refractivity contribution < 1.29 is 28.7 Å². The van der Waals surface area contributed by atoms with Crippen LogP contribution in [0, 0.1) is 6.92 Å². The van der Waals surface area contributed by atoms with E-state index in [4.69, 9.17) is 14.0 Å². The fourth-order valence-electron chi connectivity index (χ4n) is 3.74.